The minimum atomic E-state index is -1.05. The lowest BCUT2D eigenvalue weighted by molar-refractivity contribution is -0.124. The summed E-state index contributed by atoms with van der Waals surface area (Å²) in [5.41, 5.74) is 2.04. The maximum Gasteiger partial charge on any atom is 0.336 e. The van der Waals surface area contributed by atoms with Gasteiger partial charge in [-0.2, -0.15) is 0 Å². The predicted octanol–water partition coefficient (Wildman–Crippen LogP) is 3.06. The molecular weight excluding hydrogens is 348 g/mol. The number of carbonyl (C=O) groups is 3. The Morgan fingerprint density at radius 1 is 1.07 bits per heavy atom. The highest BCUT2D eigenvalue weighted by Crippen LogP contribution is 2.21. The van der Waals surface area contributed by atoms with Gasteiger partial charge in [-0.1, -0.05) is 6.07 Å². The quantitative estimate of drug-likeness (QED) is 0.752. The average Bonchev–Trinajstić information content (AvgIpc) is 3.18. The van der Waals surface area contributed by atoms with E-state index in [1.54, 1.807) is 43.3 Å². The molecule has 27 heavy (non-hydrogen) atoms. The lowest BCUT2D eigenvalue weighted by atomic mass is 10.1. The Bertz CT molecular complexity index is 870. The van der Waals surface area contributed by atoms with Gasteiger partial charge in [-0.15, -0.1) is 0 Å². The Morgan fingerprint density at radius 3 is 2.44 bits per heavy atom. The molecule has 7 nitrogen and oxygen atoms in total. The van der Waals surface area contributed by atoms with Crippen LogP contribution in [0.15, 0.2) is 42.5 Å². The van der Waals surface area contributed by atoms with Crippen LogP contribution in [0.25, 0.3) is 0 Å². The third kappa shape index (κ3) is 4.32. The van der Waals surface area contributed by atoms with Crippen LogP contribution in [0.5, 0.6) is 0 Å². The van der Waals surface area contributed by atoms with E-state index < -0.39 is 12.1 Å². The first kappa shape index (κ1) is 18.6. The minimum absolute atomic E-state index is 0.139. The van der Waals surface area contributed by atoms with Gasteiger partial charge in [0.2, 0.25) is 0 Å². The highest BCUT2D eigenvalue weighted by Gasteiger charge is 2.23. The molecule has 0 aromatic heterocycles. The predicted molar refractivity (Wildman–Crippen MR) is 100 cm³/mol. The number of benzene rings is 2. The Hall–Kier alpha value is -3.19. The number of anilines is 2. The Morgan fingerprint density at radius 2 is 1.81 bits per heavy atom. The zero-order valence-electron chi connectivity index (χ0n) is 14.8. The van der Waals surface area contributed by atoms with Gasteiger partial charge >= 0.3 is 5.97 Å². The summed E-state index contributed by atoms with van der Waals surface area (Å²) >= 11 is 0. The van der Waals surface area contributed by atoms with Crippen molar-refractivity contribution in [2.45, 2.75) is 25.9 Å². The van der Waals surface area contributed by atoms with Gasteiger partial charge in [-0.25, -0.2) is 4.79 Å². The number of amides is 2. The lowest BCUT2D eigenvalue weighted by Crippen LogP contribution is -2.26. The summed E-state index contributed by atoms with van der Waals surface area (Å²) in [7, 11) is 0. The summed E-state index contributed by atoms with van der Waals surface area (Å²) in [5, 5.41) is 14.7. The smallest absolute Gasteiger partial charge is 0.336 e. The van der Waals surface area contributed by atoms with Crippen molar-refractivity contribution in [2.24, 2.45) is 0 Å². The van der Waals surface area contributed by atoms with Crippen LogP contribution in [-0.4, -0.2) is 35.6 Å². The standard InChI is InChI=1S/C20H20N2O5/c1-12-15(20(25)26)4-2-5-16(12)22-18(23)13-7-9-14(10-8-13)21-19(24)17-6-3-11-27-17/h2,4-5,7-10,17H,3,6,11H2,1H3,(H,21,24)(H,22,23)(H,25,26). The van der Waals surface area contributed by atoms with Crippen molar-refractivity contribution in [1.29, 1.82) is 0 Å². The fourth-order valence-electron chi connectivity index (χ4n) is 2.91. The summed E-state index contributed by atoms with van der Waals surface area (Å²) in [6.45, 7) is 2.24. The summed E-state index contributed by atoms with van der Waals surface area (Å²) in [5.74, 6) is -1.60. The molecule has 1 aliphatic heterocycles. The van der Waals surface area contributed by atoms with Crippen molar-refractivity contribution in [3.8, 4) is 0 Å². The van der Waals surface area contributed by atoms with Gasteiger partial charge in [-0.3, -0.25) is 9.59 Å². The first-order valence-corrected chi connectivity index (χ1v) is 8.62. The second-order valence-corrected chi connectivity index (χ2v) is 6.31. The summed E-state index contributed by atoms with van der Waals surface area (Å²) in [6, 6.07) is 11.2. The van der Waals surface area contributed by atoms with Crippen LogP contribution in [0.1, 0.15) is 39.1 Å². The van der Waals surface area contributed by atoms with E-state index in [4.69, 9.17) is 9.84 Å². The summed E-state index contributed by atoms with van der Waals surface area (Å²) in [4.78, 5) is 35.7. The number of nitrogens with one attached hydrogen (secondary N) is 2. The molecule has 1 heterocycles. The maximum atomic E-state index is 12.4. The molecular formula is C20H20N2O5. The molecule has 2 aromatic carbocycles. The van der Waals surface area contributed by atoms with Crippen molar-refractivity contribution in [3.05, 3.63) is 59.2 Å². The number of rotatable bonds is 5. The number of carboxylic acids is 1. The first-order chi connectivity index (χ1) is 13.0. The molecule has 1 saturated heterocycles. The monoisotopic (exact) mass is 368 g/mol. The van der Waals surface area contributed by atoms with E-state index in [1.165, 1.54) is 6.07 Å². The second kappa shape index (κ2) is 8.01. The second-order valence-electron chi connectivity index (χ2n) is 6.31. The van der Waals surface area contributed by atoms with Crippen LogP contribution in [0, 0.1) is 6.92 Å². The molecule has 1 unspecified atom stereocenters. The minimum Gasteiger partial charge on any atom is -0.478 e. The molecule has 3 rings (SSSR count). The van der Waals surface area contributed by atoms with Crippen molar-refractivity contribution < 1.29 is 24.2 Å². The summed E-state index contributed by atoms with van der Waals surface area (Å²) in [6.07, 6.45) is 1.17. The van der Waals surface area contributed by atoms with E-state index in [0.717, 1.165) is 6.42 Å². The highest BCUT2D eigenvalue weighted by molar-refractivity contribution is 6.06. The van der Waals surface area contributed by atoms with Crippen molar-refractivity contribution in [1.82, 2.24) is 0 Å². The zero-order valence-corrected chi connectivity index (χ0v) is 14.8. The summed E-state index contributed by atoms with van der Waals surface area (Å²) < 4.78 is 5.33. The molecule has 2 amide bonds. The number of hydrogen-bond acceptors (Lipinski definition) is 4. The molecule has 0 spiro atoms. The van der Waals surface area contributed by atoms with Gasteiger partial charge in [0.15, 0.2) is 0 Å². The van der Waals surface area contributed by atoms with Crippen molar-refractivity contribution >= 4 is 29.2 Å². The van der Waals surface area contributed by atoms with Crippen LogP contribution in [0.2, 0.25) is 0 Å². The lowest BCUT2D eigenvalue weighted by Gasteiger charge is -2.12. The zero-order chi connectivity index (χ0) is 19.4. The van der Waals surface area contributed by atoms with E-state index in [-0.39, 0.29) is 17.4 Å². The van der Waals surface area contributed by atoms with Gasteiger partial charge in [0.1, 0.15) is 6.10 Å². The van der Waals surface area contributed by atoms with Gasteiger partial charge in [0, 0.05) is 23.5 Å². The maximum absolute atomic E-state index is 12.4. The fourth-order valence-corrected chi connectivity index (χ4v) is 2.91. The van der Waals surface area contributed by atoms with E-state index in [2.05, 4.69) is 10.6 Å². The molecule has 2 aromatic rings. The van der Waals surface area contributed by atoms with Crippen LogP contribution in [0.4, 0.5) is 11.4 Å². The van der Waals surface area contributed by atoms with Crippen LogP contribution < -0.4 is 10.6 Å². The molecule has 140 valence electrons. The SMILES string of the molecule is Cc1c(NC(=O)c2ccc(NC(=O)C3CCCO3)cc2)cccc1C(=O)O. The first-order valence-electron chi connectivity index (χ1n) is 8.62. The van der Waals surface area contributed by atoms with E-state index in [9.17, 15) is 14.4 Å². The van der Waals surface area contributed by atoms with Crippen LogP contribution >= 0.6 is 0 Å². The normalized spacial score (nSPS) is 16.0. The Kier molecular flexibility index (Phi) is 5.52. The number of carbonyl (C=O) groups excluding carboxylic acids is 2. The molecule has 7 heteroatoms. The van der Waals surface area contributed by atoms with E-state index in [1.807, 2.05) is 0 Å². The van der Waals surface area contributed by atoms with Gasteiger partial charge in [0.05, 0.1) is 5.56 Å². The third-order valence-corrected chi connectivity index (χ3v) is 4.45. The highest BCUT2D eigenvalue weighted by atomic mass is 16.5. The van der Waals surface area contributed by atoms with E-state index in [0.29, 0.717) is 35.5 Å². The molecule has 1 atom stereocenters. The topological polar surface area (TPSA) is 105 Å². The molecule has 0 radical (unpaired) electrons. The molecule has 1 fully saturated rings. The number of carboxylic acid groups (broad SMARTS) is 1. The van der Waals surface area contributed by atoms with Crippen LogP contribution in [-0.2, 0) is 9.53 Å². The molecule has 1 aliphatic rings. The van der Waals surface area contributed by atoms with E-state index >= 15 is 0 Å². The largest absolute Gasteiger partial charge is 0.478 e. The van der Waals surface area contributed by atoms with Crippen molar-refractivity contribution in [3.63, 3.8) is 0 Å². The third-order valence-electron chi connectivity index (χ3n) is 4.45. The van der Waals surface area contributed by atoms with Crippen molar-refractivity contribution in [2.75, 3.05) is 17.2 Å². The van der Waals surface area contributed by atoms with Gasteiger partial charge < -0.3 is 20.5 Å². The molecule has 0 saturated carbocycles. The average molecular weight is 368 g/mol. The van der Waals surface area contributed by atoms with Gasteiger partial charge in [-0.05, 0) is 61.7 Å². The number of hydrogen-bond donors (Lipinski definition) is 3. The molecule has 0 aliphatic carbocycles. The van der Waals surface area contributed by atoms with Gasteiger partial charge in [0.25, 0.3) is 11.8 Å². The van der Waals surface area contributed by atoms with Crippen LogP contribution in [0.3, 0.4) is 0 Å². The Balaban J connectivity index is 1.66. The Labute approximate surface area is 156 Å². The molecule has 3 N–H and O–H groups in total. The number of ether oxygens (including phenoxy) is 1. The number of aromatic carboxylic acids is 1. The fraction of sp³-hybridized carbons (Fsp3) is 0.250. The molecule has 0 bridgehead atoms.